The first kappa shape index (κ1) is 18.3. The molecule has 4 rings (SSSR count). The Labute approximate surface area is 165 Å². The van der Waals surface area contributed by atoms with Crippen molar-refractivity contribution in [2.24, 2.45) is 7.05 Å². The number of benzene rings is 2. The zero-order chi connectivity index (χ0) is 19.5. The number of aromatic nitrogens is 2. The number of carbonyl (C=O) groups excluding carboxylic acids is 1. The first-order valence-corrected chi connectivity index (χ1v) is 9.76. The Hall–Kier alpha value is -3.02. The molecule has 0 unspecified atom stereocenters. The van der Waals surface area contributed by atoms with E-state index in [1.54, 1.807) is 7.11 Å². The number of hydrogen-bond donors (Lipinski definition) is 1. The largest absolute Gasteiger partial charge is 0.497 e. The third-order valence-electron chi connectivity index (χ3n) is 5.49. The molecule has 0 saturated carbocycles. The van der Waals surface area contributed by atoms with Gasteiger partial charge in [0.1, 0.15) is 11.6 Å². The molecule has 0 spiro atoms. The minimum atomic E-state index is -0.0347. The predicted octanol–water partition coefficient (Wildman–Crippen LogP) is 4.02. The molecular weight excluding hydrogens is 352 g/mol. The molecular formula is C22H26N4O2. The molecule has 2 amide bonds. The molecule has 146 valence electrons. The first-order valence-electron chi connectivity index (χ1n) is 9.76. The van der Waals surface area contributed by atoms with Crippen molar-refractivity contribution in [3.8, 4) is 5.75 Å². The van der Waals surface area contributed by atoms with E-state index < -0.39 is 0 Å². The lowest BCUT2D eigenvalue weighted by Crippen LogP contribution is -2.45. The Balaban J connectivity index is 1.51. The Morgan fingerprint density at radius 2 is 1.96 bits per heavy atom. The number of methoxy groups -OCH3 is 1. The van der Waals surface area contributed by atoms with Gasteiger partial charge in [0.05, 0.1) is 24.2 Å². The fourth-order valence-electron chi connectivity index (χ4n) is 3.93. The molecule has 28 heavy (non-hydrogen) atoms. The van der Waals surface area contributed by atoms with Gasteiger partial charge in [-0.25, -0.2) is 9.78 Å². The lowest BCUT2D eigenvalue weighted by atomic mass is 10.0. The van der Waals surface area contributed by atoms with Gasteiger partial charge in [-0.3, -0.25) is 0 Å². The van der Waals surface area contributed by atoms with Crippen molar-refractivity contribution in [2.75, 3.05) is 13.7 Å². The fourth-order valence-corrected chi connectivity index (χ4v) is 3.93. The van der Waals surface area contributed by atoms with Gasteiger partial charge in [0.25, 0.3) is 0 Å². The number of hydrogen-bond acceptors (Lipinski definition) is 3. The van der Waals surface area contributed by atoms with Crippen molar-refractivity contribution in [3.63, 3.8) is 0 Å². The number of carbonyl (C=O) groups is 1. The highest BCUT2D eigenvalue weighted by Gasteiger charge is 2.31. The Morgan fingerprint density at radius 3 is 2.71 bits per heavy atom. The Kier molecular flexibility index (Phi) is 5.19. The van der Waals surface area contributed by atoms with Crippen LogP contribution in [0.25, 0.3) is 11.0 Å². The molecule has 1 aliphatic rings. The van der Waals surface area contributed by atoms with Gasteiger partial charge in [0.2, 0.25) is 0 Å². The third-order valence-corrected chi connectivity index (χ3v) is 5.49. The second-order valence-corrected chi connectivity index (χ2v) is 7.23. The second-order valence-electron chi connectivity index (χ2n) is 7.23. The molecule has 6 nitrogen and oxygen atoms in total. The molecule has 2 heterocycles. The lowest BCUT2D eigenvalue weighted by molar-refractivity contribution is 0.146. The van der Waals surface area contributed by atoms with E-state index in [0.29, 0.717) is 6.54 Å². The molecule has 0 aliphatic carbocycles. The predicted molar refractivity (Wildman–Crippen MR) is 109 cm³/mol. The van der Waals surface area contributed by atoms with Crippen molar-refractivity contribution in [3.05, 3.63) is 59.9 Å². The summed E-state index contributed by atoms with van der Waals surface area (Å²) in [5.74, 6) is 1.77. The average molecular weight is 378 g/mol. The number of aryl methyl sites for hydroxylation is 1. The molecule has 6 heteroatoms. The first-order chi connectivity index (χ1) is 13.7. The zero-order valence-electron chi connectivity index (χ0n) is 16.4. The summed E-state index contributed by atoms with van der Waals surface area (Å²) in [4.78, 5) is 19.7. The van der Waals surface area contributed by atoms with Crippen molar-refractivity contribution >= 4 is 17.1 Å². The molecule has 1 saturated heterocycles. The van der Waals surface area contributed by atoms with E-state index in [0.717, 1.165) is 54.0 Å². The van der Waals surface area contributed by atoms with Crippen molar-refractivity contribution in [1.82, 2.24) is 19.8 Å². The van der Waals surface area contributed by atoms with Crippen molar-refractivity contribution in [1.29, 1.82) is 0 Å². The lowest BCUT2D eigenvalue weighted by Gasteiger charge is -2.35. The third kappa shape index (κ3) is 3.54. The standard InChI is InChI=1S/C22H26N4O2/c1-25-19-8-4-3-7-18(19)24-21(25)20-9-5-6-14-26(20)22(27)23-15-16-10-12-17(28-2)13-11-16/h3-4,7-8,10-13,20H,5-6,9,14-15H2,1-2H3,(H,23,27)/t20-/m0/s1. The maximum atomic E-state index is 13.0. The summed E-state index contributed by atoms with van der Waals surface area (Å²) in [6.45, 7) is 1.25. The number of para-hydroxylation sites is 2. The smallest absolute Gasteiger partial charge is 0.318 e. The van der Waals surface area contributed by atoms with Crippen LogP contribution < -0.4 is 10.1 Å². The maximum absolute atomic E-state index is 13.0. The molecule has 0 bridgehead atoms. The molecule has 3 aromatic rings. The second kappa shape index (κ2) is 7.92. The van der Waals surface area contributed by atoms with Gasteiger partial charge in [0, 0.05) is 20.1 Å². The minimum absolute atomic E-state index is 0.00187. The Bertz CT molecular complexity index is 964. The van der Waals surface area contributed by atoms with E-state index >= 15 is 0 Å². The highest BCUT2D eigenvalue weighted by molar-refractivity contribution is 5.77. The minimum Gasteiger partial charge on any atom is -0.497 e. The number of urea groups is 1. The Morgan fingerprint density at radius 1 is 1.18 bits per heavy atom. The van der Waals surface area contributed by atoms with E-state index in [2.05, 4.69) is 16.0 Å². The van der Waals surface area contributed by atoms with Gasteiger partial charge in [-0.2, -0.15) is 0 Å². The molecule has 1 atom stereocenters. The topological polar surface area (TPSA) is 59.4 Å². The maximum Gasteiger partial charge on any atom is 0.318 e. The van der Waals surface area contributed by atoms with E-state index in [9.17, 15) is 4.79 Å². The van der Waals surface area contributed by atoms with Gasteiger partial charge in [-0.1, -0.05) is 24.3 Å². The van der Waals surface area contributed by atoms with Crippen LogP contribution in [-0.4, -0.2) is 34.1 Å². The summed E-state index contributed by atoms with van der Waals surface area (Å²) in [5.41, 5.74) is 3.12. The van der Waals surface area contributed by atoms with Crippen LogP contribution in [0.4, 0.5) is 4.79 Å². The van der Waals surface area contributed by atoms with Crippen molar-refractivity contribution < 1.29 is 9.53 Å². The van der Waals surface area contributed by atoms with Gasteiger partial charge in [-0.05, 0) is 49.1 Å². The van der Waals surface area contributed by atoms with Crippen molar-refractivity contribution in [2.45, 2.75) is 31.8 Å². The van der Waals surface area contributed by atoms with E-state index in [1.165, 1.54) is 0 Å². The summed E-state index contributed by atoms with van der Waals surface area (Å²) >= 11 is 0. The number of nitrogens with one attached hydrogen (secondary N) is 1. The van der Waals surface area contributed by atoms with Crippen LogP contribution in [0.2, 0.25) is 0 Å². The van der Waals surface area contributed by atoms with E-state index in [-0.39, 0.29) is 12.1 Å². The van der Waals surface area contributed by atoms with Crippen LogP contribution in [-0.2, 0) is 13.6 Å². The van der Waals surface area contributed by atoms with Gasteiger partial charge in [0.15, 0.2) is 0 Å². The summed E-state index contributed by atoms with van der Waals surface area (Å²) < 4.78 is 7.30. The number of rotatable bonds is 4. The average Bonchev–Trinajstić information content (AvgIpc) is 3.09. The molecule has 1 aliphatic heterocycles. The molecule has 1 fully saturated rings. The molecule has 0 radical (unpaired) electrons. The van der Waals surface area contributed by atoms with Crippen LogP contribution in [0.15, 0.2) is 48.5 Å². The zero-order valence-corrected chi connectivity index (χ0v) is 16.4. The van der Waals surface area contributed by atoms with Crippen LogP contribution in [0, 0.1) is 0 Å². The number of ether oxygens (including phenoxy) is 1. The quantitative estimate of drug-likeness (QED) is 0.746. The van der Waals surface area contributed by atoms with Crippen LogP contribution in [0.1, 0.15) is 36.7 Å². The number of fused-ring (bicyclic) bond motifs is 1. The number of nitrogens with zero attached hydrogens (tertiary/aromatic N) is 3. The molecule has 2 aromatic carbocycles. The SMILES string of the molecule is COc1ccc(CNC(=O)N2CCCC[C@H]2c2nc3ccccc3n2C)cc1. The molecule has 1 aromatic heterocycles. The van der Waals surface area contributed by atoms with Gasteiger partial charge in [-0.15, -0.1) is 0 Å². The van der Waals surface area contributed by atoms with E-state index in [4.69, 9.17) is 9.72 Å². The summed E-state index contributed by atoms with van der Waals surface area (Å²) in [7, 11) is 3.68. The van der Waals surface area contributed by atoms with Gasteiger partial charge < -0.3 is 19.5 Å². The summed E-state index contributed by atoms with van der Waals surface area (Å²) in [5, 5.41) is 3.07. The van der Waals surface area contributed by atoms with Gasteiger partial charge >= 0.3 is 6.03 Å². The highest BCUT2D eigenvalue weighted by atomic mass is 16.5. The van der Waals surface area contributed by atoms with Crippen LogP contribution in [0.3, 0.4) is 0 Å². The van der Waals surface area contributed by atoms with E-state index in [1.807, 2.05) is 54.4 Å². The monoisotopic (exact) mass is 378 g/mol. The number of amides is 2. The van der Waals surface area contributed by atoms with Crippen LogP contribution in [0.5, 0.6) is 5.75 Å². The highest BCUT2D eigenvalue weighted by Crippen LogP contribution is 2.32. The van der Waals surface area contributed by atoms with Crippen LogP contribution >= 0.6 is 0 Å². The number of piperidine rings is 1. The summed E-state index contributed by atoms with van der Waals surface area (Å²) in [6.07, 6.45) is 3.07. The number of likely N-dealkylation sites (tertiary alicyclic amines) is 1. The summed E-state index contributed by atoms with van der Waals surface area (Å²) in [6, 6.07) is 15.8. The fraction of sp³-hybridized carbons (Fsp3) is 0.364. The number of imidazole rings is 1. The molecule has 1 N–H and O–H groups in total. The normalized spacial score (nSPS) is 16.9.